The first kappa shape index (κ1) is 20.1. The number of benzene rings is 1. The lowest BCUT2D eigenvalue weighted by molar-refractivity contribution is -0.137. The summed E-state index contributed by atoms with van der Waals surface area (Å²) in [6, 6.07) is 4.66. The molecule has 0 radical (unpaired) electrons. The van der Waals surface area contributed by atoms with Gasteiger partial charge in [-0.2, -0.15) is 18.4 Å². The first-order chi connectivity index (χ1) is 12.7. The SMILES string of the molecule is C=CC(=C)N(C=C)C1C=CC(Oc2ccc(C(F)(F)F)c(C#N)c2)=CC1C. The number of alkyl halides is 3. The van der Waals surface area contributed by atoms with Crippen molar-refractivity contribution in [2.24, 2.45) is 5.92 Å². The lowest BCUT2D eigenvalue weighted by atomic mass is 9.94. The molecule has 0 spiro atoms. The summed E-state index contributed by atoms with van der Waals surface area (Å²) in [5, 5.41) is 8.99. The molecule has 27 heavy (non-hydrogen) atoms. The van der Waals surface area contributed by atoms with E-state index in [-0.39, 0.29) is 17.7 Å². The Balaban J connectivity index is 2.21. The van der Waals surface area contributed by atoms with E-state index in [4.69, 9.17) is 10.00 Å². The maximum Gasteiger partial charge on any atom is 0.417 e. The molecule has 0 saturated heterocycles. The maximum absolute atomic E-state index is 12.9. The van der Waals surface area contributed by atoms with Crippen LogP contribution in [0.1, 0.15) is 18.1 Å². The van der Waals surface area contributed by atoms with E-state index in [1.165, 1.54) is 6.07 Å². The van der Waals surface area contributed by atoms with Crippen molar-refractivity contribution in [3.63, 3.8) is 0 Å². The van der Waals surface area contributed by atoms with Crippen molar-refractivity contribution in [1.82, 2.24) is 4.90 Å². The second kappa shape index (κ2) is 8.00. The van der Waals surface area contributed by atoms with Crippen LogP contribution in [-0.2, 0) is 6.18 Å². The Morgan fingerprint density at radius 2 is 2.04 bits per heavy atom. The molecule has 0 heterocycles. The zero-order valence-corrected chi connectivity index (χ0v) is 14.8. The van der Waals surface area contributed by atoms with E-state index in [0.29, 0.717) is 11.5 Å². The molecule has 0 amide bonds. The van der Waals surface area contributed by atoms with Gasteiger partial charge in [0.1, 0.15) is 11.5 Å². The predicted molar refractivity (Wildman–Crippen MR) is 98.3 cm³/mol. The van der Waals surface area contributed by atoms with Crippen LogP contribution in [0.4, 0.5) is 13.2 Å². The van der Waals surface area contributed by atoms with Crippen molar-refractivity contribution in [3.8, 4) is 11.8 Å². The molecule has 3 nitrogen and oxygen atoms in total. The number of halogens is 3. The van der Waals surface area contributed by atoms with E-state index >= 15 is 0 Å². The van der Waals surface area contributed by atoms with Crippen LogP contribution in [-0.4, -0.2) is 10.9 Å². The second-order valence-electron chi connectivity index (χ2n) is 5.98. The molecule has 1 aliphatic rings. The third-order valence-corrected chi connectivity index (χ3v) is 4.16. The molecule has 0 N–H and O–H groups in total. The Labute approximate surface area is 156 Å². The van der Waals surface area contributed by atoms with Gasteiger partial charge in [-0.05, 0) is 42.6 Å². The molecule has 0 fully saturated rings. The third kappa shape index (κ3) is 4.50. The lowest BCUT2D eigenvalue weighted by Gasteiger charge is -2.33. The number of ether oxygens (including phenoxy) is 1. The Kier molecular flexibility index (Phi) is 5.96. The molecular formula is C21H19F3N2O. The van der Waals surface area contributed by atoms with Gasteiger partial charge in [0.05, 0.1) is 23.2 Å². The van der Waals surface area contributed by atoms with Crippen LogP contribution in [0.15, 0.2) is 79.9 Å². The molecule has 0 bridgehead atoms. The average molecular weight is 372 g/mol. The zero-order valence-electron chi connectivity index (χ0n) is 14.8. The highest BCUT2D eigenvalue weighted by Gasteiger charge is 2.33. The number of hydrogen-bond donors (Lipinski definition) is 0. The molecule has 1 aromatic carbocycles. The molecular weight excluding hydrogens is 353 g/mol. The second-order valence-corrected chi connectivity index (χ2v) is 5.98. The Morgan fingerprint density at radius 1 is 1.33 bits per heavy atom. The van der Waals surface area contributed by atoms with Gasteiger partial charge in [-0.15, -0.1) is 0 Å². The van der Waals surface area contributed by atoms with Gasteiger partial charge in [0.15, 0.2) is 0 Å². The average Bonchev–Trinajstić information content (AvgIpc) is 2.62. The van der Waals surface area contributed by atoms with Crippen LogP contribution >= 0.6 is 0 Å². The summed E-state index contributed by atoms with van der Waals surface area (Å²) in [7, 11) is 0. The monoisotopic (exact) mass is 372 g/mol. The summed E-state index contributed by atoms with van der Waals surface area (Å²) in [6.07, 6.45) is 4.17. The van der Waals surface area contributed by atoms with Gasteiger partial charge in [-0.25, -0.2) is 0 Å². The van der Waals surface area contributed by atoms with E-state index in [1.807, 2.05) is 24.0 Å². The van der Waals surface area contributed by atoms with Gasteiger partial charge in [-0.3, -0.25) is 0 Å². The number of hydrogen-bond acceptors (Lipinski definition) is 3. The molecule has 2 atom stereocenters. The normalized spacial score (nSPS) is 18.9. The molecule has 140 valence electrons. The Hall–Kier alpha value is -3.20. The minimum atomic E-state index is -4.59. The summed E-state index contributed by atoms with van der Waals surface area (Å²) < 4.78 is 44.3. The summed E-state index contributed by atoms with van der Waals surface area (Å²) >= 11 is 0. The molecule has 0 saturated carbocycles. The standard InChI is InChI=1S/C21H19F3N2O/c1-5-15(4)26(6-2)20-10-8-17(11-14(20)3)27-18-7-9-19(21(22,23)24)16(12-18)13-25/h5-12,14,20H,1-2,4H2,3H3. The minimum absolute atomic E-state index is 0.0181. The van der Waals surface area contributed by atoms with Gasteiger partial charge in [-0.1, -0.05) is 32.7 Å². The van der Waals surface area contributed by atoms with Crippen molar-refractivity contribution >= 4 is 0 Å². The first-order valence-electron chi connectivity index (χ1n) is 8.12. The third-order valence-electron chi connectivity index (χ3n) is 4.16. The molecule has 1 aromatic rings. The van der Waals surface area contributed by atoms with E-state index in [0.717, 1.165) is 12.1 Å². The van der Waals surface area contributed by atoms with Crippen molar-refractivity contribution in [1.29, 1.82) is 5.26 Å². The van der Waals surface area contributed by atoms with Crippen molar-refractivity contribution in [2.45, 2.75) is 19.1 Å². The van der Waals surface area contributed by atoms with Crippen LogP contribution in [0.5, 0.6) is 5.75 Å². The number of nitriles is 1. The smallest absolute Gasteiger partial charge is 0.417 e. The van der Waals surface area contributed by atoms with E-state index in [1.54, 1.807) is 24.4 Å². The van der Waals surface area contributed by atoms with Crippen molar-refractivity contribution < 1.29 is 17.9 Å². The van der Waals surface area contributed by atoms with Crippen LogP contribution in [0, 0.1) is 17.2 Å². The van der Waals surface area contributed by atoms with Gasteiger partial charge in [0.25, 0.3) is 0 Å². The van der Waals surface area contributed by atoms with Gasteiger partial charge in [0.2, 0.25) is 0 Å². The number of nitrogens with zero attached hydrogens (tertiary/aromatic N) is 2. The summed E-state index contributed by atoms with van der Waals surface area (Å²) in [5.41, 5.74) is -0.763. The molecule has 2 unspecified atom stereocenters. The number of allylic oxidation sites excluding steroid dienone is 2. The van der Waals surface area contributed by atoms with Crippen LogP contribution in [0.25, 0.3) is 0 Å². The Morgan fingerprint density at radius 3 is 2.56 bits per heavy atom. The van der Waals surface area contributed by atoms with E-state index < -0.39 is 17.3 Å². The van der Waals surface area contributed by atoms with Gasteiger partial charge >= 0.3 is 6.18 Å². The molecule has 0 aromatic heterocycles. The van der Waals surface area contributed by atoms with Crippen LogP contribution < -0.4 is 4.74 Å². The minimum Gasteiger partial charge on any atom is -0.458 e. The highest BCUT2D eigenvalue weighted by molar-refractivity contribution is 5.45. The summed E-state index contributed by atoms with van der Waals surface area (Å²) in [4.78, 5) is 1.87. The van der Waals surface area contributed by atoms with Gasteiger partial charge < -0.3 is 9.64 Å². The van der Waals surface area contributed by atoms with Crippen molar-refractivity contribution in [3.05, 3.63) is 91.0 Å². The summed E-state index contributed by atoms with van der Waals surface area (Å²) in [6.45, 7) is 13.4. The highest BCUT2D eigenvalue weighted by atomic mass is 19.4. The van der Waals surface area contributed by atoms with Crippen LogP contribution in [0.3, 0.4) is 0 Å². The van der Waals surface area contributed by atoms with E-state index in [2.05, 4.69) is 19.7 Å². The van der Waals surface area contributed by atoms with Gasteiger partial charge in [0, 0.05) is 11.6 Å². The number of rotatable bonds is 6. The maximum atomic E-state index is 12.9. The highest BCUT2D eigenvalue weighted by Crippen LogP contribution is 2.34. The molecule has 2 rings (SSSR count). The Bertz CT molecular complexity index is 859. The molecule has 0 aliphatic heterocycles. The topological polar surface area (TPSA) is 36.3 Å². The fraction of sp³-hybridized carbons (Fsp3) is 0.190. The fourth-order valence-electron chi connectivity index (χ4n) is 2.79. The molecule has 1 aliphatic carbocycles. The van der Waals surface area contributed by atoms with Crippen LogP contribution in [0.2, 0.25) is 0 Å². The first-order valence-corrected chi connectivity index (χ1v) is 8.12. The largest absolute Gasteiger partial charge is 0.458 e. The molecule has 6 heteroatoms. The quantitative estimate of drug-likeness (QED) is 0.614. The summed E-state index contributed by atoms with van der Waals surface area (Å²) in [5.74, 6) is 0.664. The van der Waals surface area contributed by atoms with Crippen molar-refractivity contribution in [2.75, 3.05) is 0 Å². The zero-order chi connectivity index (χ0) is 20.2. The van der Waals surface area contributed by atoms with E-state index in [9.17, 15) is 13.2 Å². The fourth-order valence-corrected chi connectivity index (χ4v) is 2.79. The predicted octanol–water partition coefficient (Wildman–Crippen LogP) is 5.56. The lowest BCUT2D eigenvalue weighted by Crippen LogP contribution is -2.34.